The van der Waals surface area contributed by atoms with Crippen LogP contribution in [0.5, 0.6) is 0 Å². The molecule has 0 atom stereocenters. The van der Waals surface area contributed by atoms with Crippen molar-refractivity contribution in [2.24, 2.45) is 0 Å². The van der Waals surface area contributed by atoms with E-state index in [4.69, 9.17) is 10.5 Å². The SMILES string of the molecule is CCN(C(=O)COC(=O)c1cc(F)c(N)cc1F)C1CC1. The van der Waals surface area contributed by atoms with Crippen LogP contribution >= 0.6 is 0 Å². The summed E-state index contributed by atoms with van der Waals surface area (Å²) in [5.41, 5.74) is 4.21. The van der Waals surface area contributed by atoms with E-state index in [0.717, 1.165) is 12.8 Å². The van der Waals surface area contributed by atoms with Crippen LogP contribution in [0.3, 0.4) is 0 Å². The van der Waals surface area contributed by atoms with E-state index in [1.54, 1.807) is 4.90 Å². The van der Waals surface area contributed by atoms with Gasteiger partial charge in [-0.15, -0.1) is 0 Å². The quantitative estimate of drug-likeness (QED) is 0.663. The number of carbonyl (C=O) groups is 2. The fourth-order valence-corrected chi connectivity index (χ4v) is 2.03. The summed E-state index contributed by atoms with van der Waals surface area (Å²) < 4.78 is 31.5. The predicted molar refractivity (Wildman–Crippen MR) is 71.5 cm³/mol. The zero-order chi connectivity index (χ0) is 15.6. The molecule has 1 saturated carbocycles. The van der Waals surface area contributed by atoms with Crippen molar-refractivity contribution in [1.29, 1.82) is 0 Å². The number of halogens is 2. The van der Waals surface area contributed by atoms with Gasteiger partial charge in [0.2, 0.25) is 0 Å². The van der Waals surface area contributed by atoms with Crippen molar-refractivity contribution >= 4 is 17.6 Å². The number of benzene rings is 1. The summed E-state index contributed by atoms with van der Waals surface area (Å²) in [7, 11) is 0. The predicted octanol–water partition coefficient (Wildman–Crippen LogP) is 1.71. The first kappa shape index (κ1) is 15.2. The van der Waals surface area contributed by atoms with E-state index in [9.17, 15) is 18.4 Å². The molecule has 1 fully saturated rings. The molecule has 0 radical (unpaired) electrons. The normalized spacial score (nSPS) is 13.9. The summed E-state index contributed by atoms with van der Waals surface area (Å²) in [6.45, 7) is 1.85. The summed E-state index contributed by atoms with van der Waals surface area (Å²) in [4.78, 5) is 25.2. The number of nitrogens with zero attached hydrogens (tertiary/aromatic N) is 1. The number of amides is 1. The second kappa shape index (κ2) is 6.07. The Morgan fingerprint density at radius 1 is 1.33 bits per heavy atom. The van der Waals surface area contributed by atoms with Crippen molar-refractivity contribution in [3.8, 4) is 0 Å². The molecule has 1 aliphatic rings. The maximum absolute atomic E-state index is 13.5. The third kappa shape index (κ3) is 3.48. The molecule has 0 aromatic heterocycles. The minimum absolute atomic E-state index is 0.201. The smallest absolute Gasteiger partial charge is 0.341 e. The van der Waals surface area contributed by atoms with Gasteiger partial charge in [0.05, 0.1) is 11.3 Å². The lowest BCUT2D eigenvalue weighted by Gasteiger charge is -2.20. The molecule has 2 N–H and O–H groups in total. The number of rotatable bonds is 5. The van der Waals surface area contributed by atoms with Gasteiger partial charge in [0.25, 0.3) is 5.91 Å². The van der Waals surface area contributed by atoms with Gasteiger partial charge in [0.1, 0.15) is 11.6 Å². The van der Waals surface area contributed by atoms with Crippen LogP contribution in [0.15, 0.2) is 12.1 Å². The lowest BCUT2D eigenvalue weighted by molar-refractivity contribution is -0.134. The van der Waals surface area contributed by atoms with E-state index in [0.29, 0.717) is 18.7 Å². The molecule has 21 heavy (non-hydrogen) atoms. The van der Waals surface area contributed by atoms with Gasteiger partial charge in [-0.1, -0.05) is 0 Å². The summed E-state index contributed by atoms with van der Waals surface area (Å²) in [6, 6.07) is 1.57. The maximum atomic E-state index is 13.5. The Hall–Kier alpha value is -2.18. The lowest BCUT2D eigenvalue weighted by Crippen LogP contribution is -2.36. The molecule has 1 amide bonds. The van der Waals surface area contributed by atoms with Crippen LogP contribution in [0.4, 0.5) is 14.5 Å². The van der Waals surface area contributed by atoms with Crippen LogP contribution in [0.1, 0.15) is 30.1 Å². The van der Waals surface area contributed by atoms with E-state index in [1.807, 2.05) is 6.92 Å². The second-order valence-corrected chi connectivity index (χ2v) is 4.84. The first-order chi connectivity index (χ1) is 9.93. The zero-order valence-electron chi connectivity index (χ0n) is 11.6. The first-order valence-electron chi connectivity index (χ1n) is 6.65. The number of nitrogen functional groups attached to an aromatic ring is 1. The highest BCUT2D eigenvalue weighted by atomic mass is 19.1. The Morgan fingerprint density at radius 3 is 2.57 bits per heavy atom. The maximum Gasteiger partial charge on any atom is 0.341 e. The van der Waals surface area contributed by atoms with Gasteiger partial charge in [0.15, 0.2) is 6.61 Å². The van der Waals surface area contributed by atoms with Gasteiger partial charge in [-0.2, -0.15) is 0 Å². The number of ether oxygens (including phenoxy) is 1. The molecule has 0 heterocycles. The van der Waals surface area contributed by atoms with Crippen molar-refractivity contribution in [3.05, 3.63) is 29.3 Å². The zero-order valence-corrected chi connectivity index (χ0v) is 11.6. The summed E-state index contributed by atoms with van der Waals surface area (Å²) >= 11 is 0. The number of esters is 1. The second-order valence-electron chi connectivity index (χ2n) is 4.84. The Balaban J connectivity index is 1.98. The molecule has 0 unspecified atom stereocenters. The fourth-order valence-electron chi connectivity index (χ4n) is 2.03. The van der Waals surface area contributed by atoms with E-state index in [2.05, 4.69) is 0 Å². The largest absolute Gasteiger partial charge is 0.452 e. The Labute approximate surface area is 120 Å². The van der Waals surface area contributed by atoms with Gasteiger partial charge in [-0.25, -0.2) is 13.6 Å². The number of anilines is 1. The highest BCUT2D eigenvalue weighted by Crippen LogP contribution is 2.26. The minimum atomic E-state index is -1.09. The van der Waals surface area contributed by atoms with E-state index in [1.165, 1.54) is 0 Å². The van der Waals surface area contributed by atoms with Crippen molar-refractivity contribution in [2.45, 2.75) is 25.8 Å². The van der Waals surface area contributed by atoms with Gasteiger partial charge in [-0.3, -0.25) is 4.79 Å². The molecule has 0 bridgehead atoms. The van der Waals surface area contributed by atoms with Gasteiger partial charge in [-0.05, 0) is 25.8 Å². The molecular weight excluding hydrogens is 282 g/mol. The number of nitrogens with two attached hydrogens (primary N) is 1. The Kier molecular flexibility index (Phi) is 4.40. The Bertz CT molecular complexity index is 574. The third-order valence-corrected chi connectivity index (χ3v) is 3.28. The van der Waals surface area contributed by atoms with Gasteiger partial charge >= 0.3 is 5.97 Å². The standard InChI is InChI=1S/C14H16F2N2O3/c1-2-18(8-3-4-8)13(19)7-21-14(20)9-5-11(16)12(17)6-10(9)15/h5-6,8H,2-4,7,17H2,1H3. The average molecular weight is 298 g/mol. The Morgan fingerprint density at radius 2 is 2.00 bits per heavy atom. The van der Waals surface area contributed by atoms with Crippen LogP contribution < -0.4 is 5.73 Å². The first-order valence-corrected chi connectivity index (χ1v) is 6.65. The highest BCUT2D eigenvalue weighted by Gasteiger charge is 2.31. The van der Waals surface area contributed by atoms with Crippen LogP contribution in [0, 0.1) is 11.6 Å². The molecule has 2 rings (SSSR count). The van der Waals surface area contributed by atoms with Gasteiger partial charge in [0, 0.05) is 18.7 Å². The highest BCUT2D eigenvalue weighted by molar-refractivity contribution is 5.92. The van der Waals surface area contributed by atoms with Crippen LogP contribution in [-0.4, -0.2) is 36.0 Å². The van der Waals surface area contributed by atoms with Gasteiger partial charge < -0.3 is 15.4 Å². The number of hydrogen-bond donors (Lipinski definition) is 1. The average Bonchev–Trinajstić information content (AvgIpc) is 3.25. The molecule has 114 valence electrons. The molecule has 5 nitrogen and oxygen atoms in total. The van der Waals surface area contributed by atoms with Crippen LogP contribution in [0.25, 0.3) is 0 Å². The fraction of sp³-hybridized carbons (Fsp3) is 0.429. The van der Waals surface area contributed by atoms with Crippen LogP contribution in [0.2, 0.25) is 0 Å². The molecule has 1 aromatic rings. The minimum Gasteiger partial charge on any atom is -0.452 e. The van der Waals surface area contributed by atoms with Crippen molar-refractivity contribution in [3.63, 3.8) is 0 Å². The molecule has 1 aliphatic carbocycles. The van der Waals surface area contributed by atoms with Crippen LogP contribution in [-0.2, 0) is 9.53 Å². The molecule has 0 aliphatic heterocycles. The summed E-state index contributed by atoms with van der Waals surface area (Å²) in [6.07, 6.45) is 1.87. The molecule has 0 spiro atoms. The molecular formula is C14H16F2N2O3. The van der Waals surface area contributed by atoms with Crippen molar-refractivity contribution in [1.82, 2.24) is 4.90 Å². The third-order valence-electron chi connectivity index (χ3n) is 3.28. The van der Waals surface area contributed by atoms with E-state index >= 15 is 0 Å². The number of likely N-dealkylation sites (N-methyl/N-ethyl adjacent to an activating group) is 1. The van der Waals surface area contributed by atoms with Crippen molar-refractivity contribution in [2.75, 3.05) is 18.9 Å². The molecule has 0 saturated heterocycles. The lowest BCUT2D eigenvalue weighted by atomic mass is 10.2. The summed E-state index contributed by atoms with van der Waals surface area (Å²) in [5, 5.41) is 0. The summed E-state index contributed by atoms with van der Waals surface area (Å²) in [5.74, 6) is -3.33. The molecule has 7 heteroatoms. The monoisotopic (exact) mass is 298 g/mol. The number of hydrogen-bond acceptors (Lipinski definition) is 4. The molecule has 1 aromatic carbocycles. The topological polar surface area (TPSA) is 72.6 Å². The van der Waals surface area contributed by atoms with E-state index in [-0.39, 0.29) is 11.9 Å². The number of carbonyl (C=O) groups excluding carboxylic acids is 2. The van der Waals surface area contributed by atoms with E-state index < -0.39 is 35.5 Å². The van der Waals surface area contributed by atoms with Crippen molar-refractivity contribution < 1.29 is 23.1 Å².